The molecule has 0 N–H and O–H groups in total. The van der Waals surface area contributed by atoms with E-state index in [0.717, 1.165) is 11.3 Å². The maximum atomic E-state index is 11.5. The van der Waals surface area contributed by atoms with Gasteiger partial charge in [0.05, 0.1) is 11.0 Å². The molecule has 94 valence electrons. The van der Waals surface area contributed by atoms with Crippen LogP contribution in [-0.2, 0) is 9.53 Å². The zero-order chi connectivity index (χ0) is 13.7. The molecule has 0 amide bonds. The lowest BCUT2D eigenvalue weighted by Gasteiger charge is -2.05. The van der Waals surface area contributed by atoms with Crippen LogP contribution in [0.25, 0.3) is 6.08 Å². The van der Waals surface area contributed by atoms with Crippen LogP contribution >= 0.6 is 11.3 Å². The van der Waals surface area contributed by atoms with Crippen molar-refractivity contribution in [3.05, 3.63) is 32.7 Å². The van der Waals surface area contributed by atoms with Gasteiger partial charge in [0.2, 0.25) is 0 Å². The Kier molecular flexibility index (Phi) is 4.57. The van der Waals surface area contributed by atoms with E-state index in [4.69, 9.17) is 10.00 Å². The van der Waals surface area contributed by atoms with E-state index in [1.165, 1.54) is 18.2 Å². The normalized spacial score (nSPS) is 11.1. The summed E-state index contributed by atoms with van der Waals surface area (Å²) in [7, 11) is 0. The van der Waals surface area contributed by atoms with Crippen molar-refractivity contribution in [3.8, 4) is 6.07 Å². The first-order valence-corrected chi connectivity index (χ1v) is 5.82. The molecule has 1 aromatic heterocycles. The van der Waals surface area contributed by atoms with E-state index >= 15 is 0 Å². The highest BCUT2D eigenvalue weighted by Gasteiger charge is 2.14. The van der Waals surface area contributed by atoms with E-state index in [0.29, 0.717) is 4.88 Å². The minimum absolute atomic E-state index is 0.0456. The summed E-state index contributed by atoms with van der Waals surface area (Å²) in [6, 6.07) is 4.51. The Balaban J connectivity index is 2.94. The quantitative estimate of drug-likeness (QED) is 0.274. The molecule has 18 heavy (non-hydrogen) atoms. The van der Waals surface area contributed by atoms with Crippen LogP contribution in [0.3, 0.4) is 0 Å². The van der Waals surface area contributed by atoms with Crippen LogP contribution in [0, 0.1) is 21.4 Å². The Labute approximate surface area is 107 Å². The van der Waals surface area contributed by atoms with Gasteiger partial charge in [-0.25, -0.2) is 4.79 Å². The van der Waals surface area contributed by atoms with E-state index in [2.05, 4.69) is 0 Å². The third-order valence-corrected chi connectivity index (χ3v) is 2.75. The third kappa shape index (κ3) is 3.68. The molecule has 0 aliphatic heterocycles. The number of hydrogen-bond acceptors (Lipinski definition) is 6. The van der Waals surface area contributed by atoms with Crippen LogP contribution in [0.2, 0.25) is 0 Å². The zero-order valence-electron chi connectivity index (χ0n) is 9.75. The summed E-state index contributed by atoms with van der Waals surface area (Å²) in [6.45, 7) is 3.34. The van der Waals surface area contributed by atoms with Crippen molar-refractivity contribution >= 4 is 28.4 Å². The summed E-state index contributed by atoms with van der Waals surface area (Å²) >= 11 is 0.887. The van der Waals surface area contributed by atoms with Gasteiger partial charge in [0, 0.05) is 10.9 Å². The van der Waals surface area contributed by atoms with Crippen molar-refractivity contribution in [2.45, 2.75) is 20.0 Å². The molecule has 1 aromatic rings. The van der Waals surface area contributed by atoms with Crippen molar-refractivity contribution in [2.24, 2.45) is 0 Å². The monoisotopic (exact) mass is 266 g/mol. The highest BCUT2D eigenvalue weighted by Crippen LogP contribution is 2.25. The van der Waals surface area contributed by atoms with Crippen LogP contribution in [0.5, 0.6) is 0 Å². The Morgan fingerprint density at radius 3 is 2.72 bits per heavy atom. The molecule has 0 aliphatic rings. The number of hydrogen-bond donors (Lipinski definition) is 0. The molecule has 7 heteroatoms. The number of carbonyl (C=O) groups excluding carboxylic acids is 1. The van der Waals surface area contributed by atoms with Crippen molar-refractivity contribution in [3.63, 3.8) is 0 Å². The molecule has 6 nitrogen and oxygen atoms in total. The topological polar surface area (TPSA) is 93.2 Å². The van der Waals surface area contributed by atoms with Gasteiger partial charge >= 0.3 is 11.0 Å². The summed E-state index contributed by atoms with van der Waals surface area (Å²) in [5.41, 5.74) is -0.180. The van der Waals surface area contributed by atoms with E-state index in [1.54, 1.807) is 19.9 Å². The molecule has 0 saturated carbocycles. The summed E-state index contributed by atoms with van der Waals surface area (Å²) in [5, 5.41) is 19.3. The van der Waals surface area contributed by atoms with Gasteiger partial charge in [-0.05, 0) is 26.0 Å². The first kappa shape index (κ1) is 13.9. The van der Waals surface area contributed by atoms with Crippen LogP contribution in [-0.4, -0.2) is 17.0 Å². The fourth-order valence-electron chi connectivity index (χ4n) is 1.07. The van der Waals surface area contributed by atoms with Gasteiger partial charge in [0.1, 0.15) is 11.6 Å². The summed E-state index contributed by atoms with van der Waals surface area (Å²) in [4.78, 5) is 21.9. The predicted molar refractivity (Wildman–Crippen MR) is 65.8 cm³/mol. The second-order valence-corrected chi connectivity index (χ2v) is 4.65. The fraction of sp³-hybridized carbons (Fsp3) is 0.273. The molecule has 1 heterocycles. The van der Waals surface area contributed by atoms with Gasteiger partial charge in [0.15, 0.2) is 0 Å². The van der Waals surface area contributed by atoms with Crippen molar-refractivity contribution in [1.82, 2.24) is 0 Å². The molecule has 0 spiro atoms. The van der Waals surface area contributed by atoms with Crippen LogP contribution in [0.1, 0.15) is 18.7 Å². The molecular weight excluding hydrogens is 256 g/mol. The molecule has 0 bridgehead atoms. The lowest BCUT2D eigenvalue weighted by Crippen LogP contribution is -2.12. The van der Waals surface area contributed by atoms with E-state index in [1.807, 2.05) is 0 Å². The summed E-state index contributed by atoms with van der Waals surface area (Å²) < 4.78 is 4.87. The van der Waals surface area contributed by atoms with Gasteiger partial charge in [-0.2, -0.15) is 5.26 Å². The molecule has 0 aromatic carbocycles. The minimum Gasteiger partial charge on any atom is -0.459 e. The Morgan fingerprint density at radius 2 is 2.28 bits per heavy atom. The smallest absolute Gasteiger partial charge is 0.349 e. The summed E-state index contributed by atoms with van der Waals surface area (Å²) in [6.07, 6.45) is 0.953. The number of nitro groups is 1. The van der Waals surface area contributed by atoms with Gasteiger partial charge in [0.25, 0.3) is 0 Å². The Morgan fingerprint density at radius 1 is 1.61 bits per heavy atom. The molecule has 0 fully saturated rings. The second-order valence-electron chi connectivity index (χ2n) is 3.56. The predicted octanol–water partition coefficient (Wildman–Crippen LogP) is 2.51. The van der Waals surface area contributed by atoms with Gasteiger partial charge < -0.3 is 4.74 Å². The number of nitriles is 1. The Hall–Kier alpha value is -2.20. The number of esters is 1. The molecule has 0 aliphatic carbocycles. The maximum Gasteiger partial charge on any atom is 0.349 e. The number of ether oxygens (including phenoxy) is 1. The van der Waals surface area contributed by atoms with Crippen molar-refractivity contribution < 1.29 is 14.5 Å². The van der Waals surface area contributed by atoms with Gasteiger partial charge in [-0.1, -0.05) is 11.3 Å². The number of rotatable bonds is 4. The molecule has 1 rings (SSSR count). The molecule has 0 atom stereocenters. The molecule has 0 saturated heterocycles. The zero-order valence-corrected chi connectivity index (χ0v) is 10.6. The first-order valence-electron chi connectivity index (χ1n) is 5.01. The standard InChI is InChI=1S/C11H10N2O4S/c1-7(2)17-11(14)8(6-12)5-9-3-4-10(18-9)13(15)16/h3-5,7H,1-2H3/b8-5+. The van der Waals surface area contributed by atoms with E-state index < -0.39 is 10.9 Å². The minimum atomic E-state index is -0.733. The lowest BCUT2D eigenvalue weighted by molar-refractivity contribution is -0.380. The SMILES string of the molecule is CC(C)OC(=O)/C(C#N)=C/c1ccc([N+](=O)[O-])s1. The van der Waals surface area contributed by atoms with Gasteiger partial charge in [-0.15, -0.1) is 0 Å². The second kappa shape index (κ2) is 5.93. The third-order valence-electron chi connectivity index (χ3n) is 1.76. The number of thiophene rings is 1. The van der Waals surface area contributed by atoms with Crippen molar-refractivity contribution in [2.75, 3.05) is 0 Å². The maximum absolute atomic E-state index is 11.5. The van der Waals surface area contributed by atoms with Crippen LogP contribution < -0.4 is 0 Å². The lowest BCUT2D eigenvalue weighted by atomic mass is 10.2. The van der Waals surface area contributed by atoms with Gasteiger partial charge in [-0.3, -0.25) is 10.1 Å². The average molecular weight is 266 g/mol. The largest absolute Gasteiger partial charge is 0.459 e. The van der Waals surface area contributed by atoms with Crippen LogP contribution in [0.15, 0.2) is 17.7 Å². The van der Waals surface area contributed by atoms with Crippen LogP contribution in [0.4, 0.5) is 5.00 Å². The number of nitrogens with zero attached hydrogens (tertiary/aromatic N) is 2. The molecule has 0 unspecified atom stereocenters. The van der Waals surface area contributed by atoms with Crippen molar-refractivity contribution in [1.29, 1.82) is 5.26 Å². The van der Waals surface area contributed by atoms with E-state index in [-0.39, 0.29) is 16.7 Å². The fourth-order valence-corrected chi connectivity index (χ4v) is 1.84. The average Bonchev–Trinajstić information content (AvgIpc) is 2.73. The van der Waals surface area contributed by atoms with E-state index in [9.17, 15) is 14.9 Å². The molecule has 0 radical (unpaired) electrons. The molecular formula is C11H10N2O4S. The number of carbonyl (C=O) groups is 1. The Bertz CT molecular complexity index is 539. The summed E-state index contributed by atoms with van der Waals surface area (Å²) in [5.74, 6) is -0.733. The highest BCUT2D eigenvalue weighted by atomic mass is 32.1. The highest BCUT2D eigenvalue weighted by molar-refractivity contribution is 7.16. The first-order chi connectivity index (χ1) is 8.43.